The van der Waals surface area contributed by atoms with Crippen LogP contribution in [0.15, 0.2) is 54.6 Å². The zero-order chi connectivity index (χ0) is 20.1. The van der Waals surface area contributed by atoms with Crippen LogP contribution in [-0.2, 0) is 11.2 Å². The first kappa shape index (κ1) is 19.8. The second-order valence-electron chi connectivity index (χ2n) is 8.23. The first-order valence-electron chi connectivity index (χ1n) is 10.5. The van der Waals surface area contributed by atoms with E-state index in [-0.39, 0.29) is 11.6 Å². The second kappa shape index (κ2) is 8.87. The molecule has 1 unspecified atom stereocenters. The molecule has 0 bridgehead atoms. The average Bonchev–Trinajstić information content (AvgIpc) is 2.75. The summed E-state index contributed by atoms with van der Waals surface area (Å²) >= 11 is 0. The Balaban J connectivity index is 1.30. The number of hydrogen-bond donors (Lipinski definition) is 1. The first-order chi connectivity index (χ1) is 14.2. The third-order valence-corrected chi connectivity index (χ3v) is 6.27. The number of benzene rings is 2. The molecule has 4 rings (SSSR count). The van der Waals surface area contributed by atoms with Crippen LogP contribution in [0.1, 0.15) is 31.2 Å². The molecule has 5 nitrogen and oxygen atoms in total. The van der Waals surface area contributed by atoms with Gasteiger partial charge in [0.15, 0.2) is 0 Å². The smallest absolute Gasteiger partial charge is 0.321 e. The second-order valence-corrected chi connectivity index (χ2v) is 8.23. The molecule has 2 aliphatic rings. The molecule has 154 valence electrons. The van der Waals surface area contributed by atoms with Crippen molar-refractivity contribution >= 4 is 11.7 Å². The molecule has 5 heteroatoms. The van der Waals surface area contributed by atoms with Gasteiger partial charge in [-0.15, -0.1) is 0 Å². The number of carbonyl (C=O) groups is 1. The number of rotatable bonds is 4. The van der Waals surface area contributed by atoms with E-state index in [0.717, 1.165) is 63.2 Å². The van der Waals surface area contributed by atoms with Gasteiger partial charge in [-0.05, 0) is 67.9 Å². The number of nitrogens with one attached hydrogen (secondary N) is 1. The number of anilines is 1. The minimum absolute atomic E-state index is 0.0170. The molecule has 2 aromatic carbocycles. The van der Waals surface area contributed by atoms with Gasteiger partial charge in [0, 0.05) is 25.4 Å². The number of methoxy groups -OCH3 is 1. The van der Waals surface area contributed by atoms with E-state index >= 15 is 0 Å². The summed E-state index contributed by atoms with van der Waals surface area (Å²) in [5, 5.41) is 2.99. The van der Waals surface area contributed by atoms with Crippen LogP contribution in [0, 0.1) is 5.92 Å². The van der Waals surface area contributed by atoms with Crippen molar-refractivity contribution in [3.8, 4) is 5.75 Å². The van der Waals surface area contributed by atoms with Gasteiger partial charge in [0.2, 0.25) is 0 Å². The van der Waals surface area contributed by atoms with Gasteiger partial charge < -0.3 is 19.7 Å². The molecule has 1 N–H and O–H groups in total. The van der Waals surface area contributed by atoms with Crippen molar-refractivity contribution in [3.63, 3.8) is 0 Å². The SMILES string of the molecule is COc1ccc(CC2CCOC3(CCN(C(=O)Nc4ccccc4)CC3)C2)cc1. The van der Waals surface area contributed by atoms with Crippen molar-refractivity contribution in [2.45, 2.75) is 37.7 Å². The van der Waals surface area contributed by atoms with Crippen LogP contribution in [0.3, 0.4) is 0 Å². The molecular formula is C24H30N2O3. The van der Waals surface area contributed by atoms with Crippen LogP contribution >= 0.6 is 0 Å². The molecule has 2 aliphatic heterocycles. The Morgan fingerprint density at radius 2 is 1.86 bits per heavy atom. The summed E-state index contributed by atoms with van der Waals surface area (Å²) in [4.78, 5) is 14.5. The van der Waals surface area contributed by atoms with Crippen LogP contribution in [0.4, 0.5) is 10.5 Å². The Morgan fingerprint density at radius 3 is 2.55 bits per heavy atom. The predicted octanol–water partition coefficient (Wildman–Crippen LogP) is 4.73. The van der Waals surface area contributed by atoms with Gasteiger partial charge >= 0.3 is 6.03 Å². The van der Waals surface area contributed by atoms with Crippen molar-refractivity contribution in [2.24, 2.45) is 5.92 Å². The number of urea groups is 1. The molecule has 29 heavy (non-hydrogen) atoms. The fraction of sp³-hybridized carbons (Fsp3) is 0.458. The normalized spacial score (nSPS) is 21.0. The summed E-state index contributed by atoms with van der Waals surface area (Å²) in [7, 11) is 1.70. The molecule has 0 saturated carbocycles. The van der Waals surface area contributed by atoms with E-state index in [0.29, 0.717) is 5.92 Å². The number of amides is 2. The zero-order valence-corrected chi connectivity index (χ0v) is 17.1. The Hall–Kier alpha value is -2.53. The standard InChI is InChI=1S/C24H30N2O3/c1-28-22-9-7-19(8-10-22)17-20-11-16-29-24(18-20)12-14-26(15-13-24)23(27)25-21-5-3-2-4-6-21/h2-10,20H,11-18H2,1H3,(H,25,27). The topological polar surface area (TPSA) is 50.8 Å². The Bertz CT molecular complexity index is 799. The van der Waals surface area contributed by atoms with Crippen molar-refractivity contribution in [2.75, 3.05) is 32.1 Å². The summed E-state index contributed by atoms with van der Waals surface area (Å²) in [6.45, 7) is 2.30. The van der Waals surface area contributed by atoms with Crippen molar-refractivity contribution < 1.29 is 14.3 Å². The summed E-state index contributed by atoms with van der Waals surface area (Å²) in [6, 6.07) is 18.0. The minimum atomic E-state index is -0.0705. The maximum atomic E-state index is 12.6. The number of ether oxygens (including phenoxy) is 2. The van der Waals surface area contributed by atoms with Gasteiger partial charge in [0.25, 0.3) is 0 Å². The third-order valence-electron chi connectivity index (χ3n) is 6.27. The van der Waals surface area contributed by atoms with Crippen LogP contribution in [0.2, 0.25) is 0 Å². The lowest BCUT2D eigenvalue weighted by Crippen LogP contribution is -2.51. The summed E-state index contributed by atoms with van der Waals surface area (Å²) < 4.78 is 11.5. The highest BCUT2D eigenvalue weighted by Gasteiger charge is 2.41. The van der Waals surface area contributed by atoms with Crippen LogP contribution in [-0.4, -0.2) is 43.3 Å². The third kappa shape index (κ3) is 4.91. The summed E-state index contributed by atoms with van der Waals surface area (Å²) in [6.07, 6.45) is 5.08. The van der Waals surface area contributed by atoms with Gasteiger partial charge in [-0.2, -0.15) is 0 Å². The Kier molecular flexibility index (Phi) is 6.05. The molecule has 2 heterocycles. The van der Waals surface area contributed by atoms with E-state index in [2.05, 4.69) is 17.4 Å². The maximum absolute atomic E-state index is 12.6. The summed E-state index contributed by atoms with van der Waals surface area (Å²) in [5.74, 6) is 1.53. The van der Waals surface area contributed by atoms with Gasteiger partial charge in [-0.1, -0.05) is 30.3 Å². The molecule has 0 radical (unpaired) electrons. The van der Waals surface area contributed by atoms with Crippen molar-refractivity contribution in [3.05, 3.63) is 60.2 Å². The molecule has 1 atom stereocenters. The molecule has 0 aromatic heterocycles. The molecular weight excluding hydrogens is 364 g/mol. The monoisotopic (exact) mass is 394 g/mol. The maximum Gasteiger partial charge on any atom is 0.321 e. The van der Waals surface area contributed by atoms with Gasteiger partial charge in [-0.25, -0.2) is 4.79 Å². The van der Waals surface area contributed by atoms with Crippen LogP contribution in [0.25, 0.3) is 0 Å². The lowest BCUT2D eigenvalue weighted by molar-refractivity contribution is -0.122. The molecule has 2 aromatic rings. The van der Waals surface area contributed by atoms with E-state index in [1.807, 2.05) is 47.4 Å². The minimum Gasteiger partial charge on any atom is -0.497 e. The largest absolute Gasteiger partial charge is 0.497 e. The molecule has 2 amide bonds. The number of likely N-dealkylation sites (tertiary alicyclic amines) is 1. The highest BCUT2D eigenvalue weighted by atomic mass is 16.5. The summed E-state index contributed by atoms with van der Waals surface area (Å²) in [5.41, 5.74) is 2.12. The lowest BCUT2D eigenvalue weighted by Gasteiger charge is -2.46. The van der Waals surface area contributed by atoms with E-state index < -0.39 is 0 Å². The number of piperidine rings is 1. The van der Waals surface area contributed by atoms with Gasteiger partial charge in [0.1, 0.15) is 5.75 Å². The van der Waals surface area contributed by atoms with E-state index in [9.17, 15) is 4.79 Å². The number of hydrogen-bond acceptors (Lipinski definition) is 3. The fourth-order valence-electron chi connectivity index (χ4n) is 4.59. The van der Waals surface area contributed by atoms with E-state index in [1.165, 1.54) is 5.56 Å². The zero-order valence-electron chi connectivity index (χ0n) is 17.1. The molecule has 2 saturated heterocycles. The quantitative estimate of drug-likeness (QED) is 0.816. The van der Waals surface area contributed by atoms with Gasteiger partial charge in [0.05, 0.1) is 12.7 Å². The predicted molar refractivity (Wildman–Crippen MR) is 114 cm³/mol. The lowest BCUT2D eigenvalue weighted by atomic mass is 9.77. The average molecular weight is 395 g/mol. The van der Waals surface area contributed by atoms with Crippen molar-refractivity contribution in [1.29, 1.82) is 0 Å². The van der Waals surface area contributed by atoms with Crippen LogP contribution in [0.5, 0.6) is 5.75 Å². The fourth-order valence-corrected chi connectivity index (χ4v) is 4.59. The number of para-hydroxylation sites is 1. The number of nitrogens with zero attached hydrogens (tertiary/aromatic N) is 1. The van der Waals surface area contributed by atoms with Crippen molar-refractivity contribution in [1.82, 2.24) is 4.90 Å². The van der Waals surface area contributed by atoms with E-state index in [1.54, 1.807) is 7.11 Å². The molecule has 2 fully saturated rings. The molecule has 0 aliphatic carbocycles. The van der Waals surface area contributed by atoms with Gasteiger partial charge in [-0.3, -0.25) is 0 Å². The highest BCUT2D eigenvalue weighted by molar-refractivity contribution is 5.89. The van der Waals surface area contributed by atoms with E-state index in [4.69, 9.17) is 9.47 Å². The first-order valence-corrected chi connectivity index (χ1v) is 10.5. The highest BCUT2D eigenvalue weighted by Crippen LogP contribution is 2.39. The number of carbonyl (C=O) groups excluding carboxylic acids is 1. The Labute approximate surface area is 173 Å². The van der Waals surface area contributed by atoms with Crippen LogP contribution < -0.4 is 10.1 Å². The Morgan fingerprint density at radius 1 is 1.14 bits per heavy atom. The molecule has 1 spiro atoms.